The van der Waals surface area contributed by atoms with Crippen LogP contribution in [0.1, 0.15) is 17.4 Å². The van der Waals surface area contributed by atoms with Crippen molar-refractivity contribution in [2.45, 2.75) is 13.0 Å². The van der Waals surface area contributed by atoms with Crippen LogP contribution in [0.4, 0.5) is 5.82 Å². The van der Waals surface area contributed by atoms with E-state index in [4.69, 9.17) is 4.74 Å². The quantitative estimate of drug-likeness (QED) is 0.694. The summed E-state index contributed by atoms with van der Waals surface area (Å²) in [6.07, 6.45) is 3.15. The average Bonchev–Trinajstić information content (AvgIpc) is 2.73. The molecule has 0 aromatic carbocycles. The number of methoxy groups -OCH3 is 1. The zero-order valence-electron chi connectivity index (χ0n) is 15.6. The van der Waals surface area contributed by atoms with Crippen molar-refractivity contribution >= 4 is 22.7 Å². The average molecular weight is 380 g/mol. The van der Waals surface area contributed by atoms with Crippen molar-refractivity contribution < 1.29 is 14.3 Å². The molecule has 3 aromatic rings. The summed E-state index contributed by atoms with van der Waals surface area (Å²) in [5.41, 5.74) is 2.06. The van der Waals surface area contributed by atoms with Gasteiger partial charge < -0.3 is 19.4 Å². The maximum Gasteiger partial charge on any atom is 0.356 e. The Balaban J connectivity index is 1.83. The van der Waals surface area contributed by atoms with E-state index in [9.17, 15) is 9.59 Å². The Labute approximate surface area is 161 Å². The van der Waals surface area contributed by atoms with Gasteiger partial charge in [-0.25, -0.2) is 9.78 Å². The van der Waals surface area contributed by atoms with Crippen molar-refractivity contribution in [2.75, 3.05) is 31.8 Å². The van der Waals surface area contributed by atoms with E-state index in [0.717, 1.165) is 5.82 Å². The molecule has 0 radical (unpaired) electrons. The first-order valence-corrected chi connectivity index (χ1v) is 8.99. The Morgan fingerprint density at radius 1 is 1.32 bits per heavy atom. The lowest BCUT2D eigenvalue weighted by Gasteiger charge is -2.34. The molecular weight excluding hydrogens is 360 g/mol. The number of carbonyl (C=O) groups excluding carboxylic acids is 1. The lowest BCUT2D eigenvalue weighted by Crippen LogP contribution is -2.44. The normalized spacial score (nSPS) is 16.9. The molecule has 1 aliphatic rings. The minimum Gasteiger partial charge on any atom is -0.464 e. The second-order valence-corrected chi connectivity index (χ2v) is 6.64. The third-order valence-corrected chi connectivity index (χ3v) is 4.85. The molecule has 0 bridgehead atoms. The minimum absolute atomic E-state index is 0.0785. The Bertz CT molecular complexity index is 1080. The highest BCUT2D eigenvalue weighted by Crippen LogP contribution is 2.26. The fourth-order valence-corrected chi connectivity index (χ4v) is 3.38. The fraction of sp³-hybridized carbons (Fsp3) is 0.300. The summed E-state index contributed by atoms with van der Waals surface area (Å²) in [4.78, 5) is 38.4. The first-order valence-electron chi connectivity index (χ1n) is 8.99. The van der Waals surface area contributed by atoms with Gasteiger partial charge in [0.1, 0.15) is 11.5 Å². The van der Waals surface area contributed by atoms with Gasteiger partial charge in [0.2, 0.25) is 0 Å². The maximum atomic E-state index is 12.7. The van der Waals surface area contributed by atoms with Crippen molar-refractivity contribution in [2.24, 2.45) is 0 Å². The Hall–Kier alpha value is -3.26. The molecular formula is C20H20N4O4. The zero-order chi connectivity index (χ0) is 19.7. The molecule has 1 aliphatic heterocycles. The number of hydrogen-bond acceptors (Lipinski definition) is 7. The van der Waals surface area contributed by atoms with Crippen molar-refractivity contribution in [1.29, 1.82) is 0 Å². The summed E-state index contributed by atoms with van der Waals surface area (Å²) in [5, 5.41) is 0.548. The van der Waals surface area contributed by atoms with Gasteiger partial charge in [-0.05, 0) is 25.1 Å². The van der Waals surface area contributed by atoms with E-state index in [0.29, 0.717) is 41.9 Å². The number of nitrogens with one attached hydrogen (secondary N) is 1. The largest absolute Gasteiger partial charge is 0.464 e. The molecule has 1 fully saturated rings. The number of pyridine rings is 3. The number of morpholine rings is 1. The third kappa shape index (κ3) is 3.22. The number of ether oxygens (including phenoxy) is 2. The van der Waals surface area contributed by atoms with Gasteiger partial charge in [0.25, 0.3) is 0 Å². The van der Waals surface area contributed by atoms with Crippen LogP contribution in [0.15, 0.2) is 41.5 Å². The first kappa shape index (κ1) is 18.1. The molecule has 0 saturated carbocycles. The number of anilines is 1. The summed E-state index contributed by atoms with van der Waals surface area (Å²) < 4.78 is 10.2. The molecule has 144 valence electrons. The van der Waals surface area contributed by atoms with E-state index in [2.05, 4.69) is 31.5 Å². The number of H-pyrrole nitrogens is 1. The summed E-state index contributed by atoms with van der Waals surface area (Å²) in [6, 6.07) is 6.78. The number of aromatic nitrogens is 3. The summed E-state index contributed by atoms with van der Waals surface area (Å²) in [7, 11) is 1.31. The Kier molecular flexibility index (Phi) is 4.79. The highest BCUT2D eigenvalue weighted by Gasteiger charge is 2.21. The van der Waals surface area contributed by atoms with Crippen LogP contribution in [0.2, 0.25) is 0 Å². The second-order valence-electron chi connectivity index (χ2n) is 6.64. The molecule has 1 N–H and O–H groups in total. The number of aromatic amines is 1. The van der Waals surface area contributed by atoms with E-state index in [1.807, 2.05) is 0 Å². The molecule has 0 aliphatic carbocycles. The second kappa shape index (κ2) is 7.40. The highest BCUT2D eigenvalue weighted by molar-refractivity contribution is 5.93. The van der Waals surface area contributed by atoms with E-state index in [1.165, 1.54) is 7.11 Å². The smallest absolute Gasteiger partial charge is 0.356 e. The van der Waals surface area contributed by atoms with Gasteiger partial charge >= 0.3 is 5.97 Å². The maximum absolute atomic E-state index is 12.7. The molecule has 1 saturated heterocycles. The molecule has 0 unspecified atom stereocenters. The van der Waals surface area contributed by atoms with Crippen LogP contribution in [-0.4, -0.2) is 53.8 Å². The topological polar surface area (TPSA) is 97.4 Å². The number of carbonyl (C=O) groups is 1. The molecule has 0 spiro atoms. The van der Waals surface area contributed by atoms with E-state index >= 15 is 0 Å². The number of hydrogen-bond donors (Lipinski definition) is 1. The van der Waals surface area contributed by atoms with Crippen molar-refractivity contribution in [3.63, 3.8) is 0 Å². The number of esters is 1. The van der Waals surface area contributed by atoms with Gasteiger partial charge in [-0.1, -0.05) is 0 Å². The number of nitrogens with zero attached hydrogens (tertiary/aromatic N) is 3. The SMILES string of the molecule is COC(=O)c1ccc(-c2nccc3c(=O)cc(N4CCOC[C@H]4C)[nH]c23)cn1. The predicted molar refractivity (Wildman–Crippen MR) is 105 cm³/mol. The standard InChI is InChI=1S/C20H20N4O4/c1-12-11-28-8-7-24(12)17-9-16(25)14-5-6-21-18(19(14)23-17)13-3-4-15(22-10-13)20(26)27-2/h3-6,9-10,12H,7-8,11H2,1-2H3,(H,23,25)/t12-/m1/s1. The van der Waals surface area contributed by atoms with E-state index in [-0.39, 0.29) is 17.2 Å². The van der Waals surface area contributed by atoms with Crippen LogP contribution in [0.25, 0.3) is 22.2 Å². The zero-order valence-corrected chi connectivity index (χ0v) is 15.6. The van der Waals surface area contributed by atoms with E-state index < -0.39 is 5.97 Å². The van der Waals surface area contributed by atoms with Gasteiger partial charge in [-0.2, -0.15) is 0 Å². The van der Waals surface area contributed by atoms with Crippen LogP contribution in [0.3, 0.4) is 0 Å². The summed E-state index contributed by atoms with van der Waals surface area (Å²) in [5.74, 6) is 0.233. The lowest BCUT2D eigenvalue weighted by molar-refractivity contribution is 0.0594. The molecule has 4 heterocycles. The van der Waals surface area contributed by atoms with E-state index in [1.54, 1.807) is 36.7 Å². The molecule has 8 heteroatoms. The van der Waals surface area contributed by atoms with Crippen LogP contribution in [-0.2, 0) is 9.47 Å². The van der Waals surface area contributed by atoms with Crippen LogP contribution < -0.4 is 10.3 Å². The van der Waals surface area contributed by atoms with Crippen molar-refractivity contribution in [1.82, 2.24) is 15.0 Å². The Morgan fingerprint density at radius 2 is 2.18 bits per heavy atom. The molecule has 3 aromatic heterocycles. The number of rotatable bonds is 3. The monoisotopic (exact) mass is 380 g/mol. The highest BCUT2D eigenvalue weighted by atomic mass is 16.5. The van der Waals surface area contributed by atoms with Gasteiger partial charge in [0.15, 0.2) is 5.43 Å². The van der Waals surface area contributed by atoms with Gasteiger partial charge in [-0.15, -0.1) is 0 Å². The van der Waals surface area contributed by atoms with Crippen LogP contribution in [0, 0.1) is 0 Å². The van der Waals surface area contributed by atoms with Crippen LogP contribution in [0.5, 0.6) is 0 Å². The molecule has 8 nitrogen and oxygen atoms in total. The van der Waals surface area contributed by atoms with Crippen LogP contribution >= 0.6 is 0 Å². The van der Waals surface area contributed by atoms with Crippen molar-refractivity contribution in [3.05, 3.63) is 52.6 Å². The first-order chi connectivity index (χ1) is 13.6. The lowest BCUT2D eigenvalue weighted by atomic mass is 10.1. The summed E-state index contributed by atoms with van der Waals surface area (Å²) >= 11 is 0. The van der Waals surface area contributed by atoms with Crippen molar-refractivity contribution in [3.8, 4) is 11.3 Å². The molecule has 4 rings (SSSR count). The summed E-state index contributed by atoms with van der Waals surface area (Å²) in [6.45, 7) is 3.98. The van der Waals surface area contributed by atoms with Gasteiger partial charge in [0.05, 0.1) is 37.6 Å². The third-order valence-electron chi connectivity index (χ3n) is 4.85. The molecule has 28 heavy (non-hydrogen) atoms. The van der Waals surface area contributed by atoms with Gasteiger partial charge in [0, 0.05) is 36.0 Å². The minimum atomic E-state index is -0.505. The van der Waals surface area contributed by atoms with Gasteiger partial charge in [-0.3, -0.25) is 9.78 Å². The Morgan fingerprint density at radius 3 is 2.89 bits per heavy atom. The fourth-order valence-electron chi connectivity index (χ4n) is 3.38. The molecule has 0 amide bonds. The predicted octanol–water partition coefficient (Wildman–Crippen LogP) is 2.00. The molecule has 1 atom stereocenters. The number of fused-ring (bicyclic) bond motifs is 1.